The van der Waals surface area contributed by atoms with Crippen LogP contribution in [-0.2, 0) is 19.5 Å². The van der Waals surface area contributed by atoms with Gasteiger partial charge in [0.25, 0.3) is 5.56 Å². The van der Waals surface area contributed by atoms with Crippen molar-refractivity contribution >= 4 is 5.69 Å². The molecule has 19 heavy (non-hydrogen) atoms. The minimum atomic E-state index is -0.0289. The largest absolute Gasteiger partial charge is 0.383 e. The summed E-state index contributed by atoms with van der Waals surface area (Å²) in [5, 5.41) is 7.67. The molecule has 2 aromatic heterocycles. The molecule has 6 heteroatoms. The van der Waals surface area contributed by atoms with Crippen LogP contribution in [0.1, 0.15) is 18.5 Å². The molecule has 3 heterocycles. The van der Waals surface area contributed by atoms with Crippen LogP contribution in [0.5, 0.6) is 0 Å². The zero-order chi connectivity index (χ0) is 13.1. The fourth-order valence-electron chi connectivity index (χ4n) is 2.33. The molecular weight excluding hydrogens is 242 g/mol. The van der Waals surface area contributed by atoms with E-state index in [1.54, 1.807) is 23.3 Å². The van der Waals surface area contributed by atoms with E-state index < -0.39 is 0 Å². The van der Waals surface area contributed by atoms with Crippen LogP contribution in [0.15, 0.2) is 29.6 Å². The van der Waals surface area contributed by atoms with Crippen molar-refractivity contribution in [3.63, 3.8) is 0 Å². The fraction of sp³-hybridized carbons (Fsp3) is 0.462. The molecule has 0 fully saturated rings. The Balaban J connectivity index is 1.69. The molecule has 0 aromatic carbocycles. The molecule has 0 aliphatic carbocycles. The highest BCUT2D eigenvalue weighted by Gasteiger charge is 2.12. The summed E-state index contributed by atoms with van der Waals surface area (Å²) in [5.74, 6) is 0. The predicted molar refractivity (Wildman–Crippen MR) is 72.2 cm³/mol. The van der Waals surface area contributed by atoms with Gasteiger partial charge in [-0.25, -0.2) is 9.67 Å². The van der Waals surface area contributed by atoms with E-state index in [1.165, 1.54) is 0 Å². The van der Waals surface area contributed by atoms with Gasteiger partial charge in [0.1, 0.15) is 0 Å². The van der Waals surface area contributed by atoms with Crippen LogP contribution in [0.2, 0.25) is 0 Å². The molecule has 0 saturated carbocycles. The van der Waals surface area contributed by atoms with E-state index in [9.17, 15) is 4.79 Å². The Morgan fingerprint density at radius 1 is 1.37 bits per heavy atom. The van der Waals surface area contributed by atoms with Crippen LogP contribution >= 0.6 is 0 Å². The maximum absolute atomic E-state index is 11.9. The molecule has 3 rings (SSSR count). The first-order valence-corrected chi connectivity index (χ1v) is 6.63. The molecule has 0 spiro atoms. The number of nitrogens with zero attached hydrogens (tertiary/aromatic N) is 4. The molecule has 0 radical (unpaired) electrons. The summed E-state index contributed by atoms with van der Waals surface area (Å²) in [4.78, 5) is 15.9. The molecule has 1 N–H and O–H groups in total. The van der Waals surface area contributed by atoms with E-state index in [2.05, 4.69) is 15.4 Å². The van der Waals surface area contributed by atoms with Crippen molar-refractivity contribution < 1.29 is 0 Å². The van der Waals surface area contributed by atoms with Crippen molar-refractivity contribution in [3.8, 4) is 0 Å². The van der Waals surface area contributed by atoms with Gasteiger partial charge >= 0.3 is 0 Å². The maximum atomic E-state index is 11.9. The number of aromatic nitrogens is 4. The highest BCUT2D eigenvalue weighted by atomic mass is 16.1. The van der Waals surface area contributed by atoms with Crippen LogP contribution in [-0.4, -0.2) is 25.9 Å². The molecule has 1 aliphatic rings. The van der Waals surface area contributed by atoms with Crippen molar-refractivity contribution in [3.05, 3.63) is 40.8 Å². The highest BCUT2D eigenvalue weighted by molar-refractivity contribution is 5.48. The van der Waals surface area contributed by atoms with E-state index in [0.29, 0.717) is 6.54 Å². The minimum absolute atomic E-state index is 0.0289. The third-order valence-electron chi connectivity index (χ3n) is 3.33. The van der Waals surface area contributed by atoms with Crippen LogP contribution < -0.4 is 10.9 Å². The van der Waals surface area contributed by atoms with Gasteiger partial charge in [0.15, 0.2) is 0 Å². The Labute approximate surface area is 111 Å². The SMILES string of the molecule is O=c1cc2c(nn1CCCn1ccnc1)CCCN2. The Hall–Kier alpha value is -2.11. The number of nitrogens with one attached hydrogen (secondary N) is 1. The first-order valence-electron chi connectivity index (χ1n) is 6.63. The van der Waals surface area contributed by atoms with Crippen LogP contribution in [0.4, 0.5) is 5.69 Å². The number of hydrogen-bond donors (Lipinski definition) is 1. The molecule has 2 aromatic rings. The number of hydrogen-bond acceptors (Lipinski definition) is 4. The molecule has 0 amide bonds. The summed E-state index contributed by atoms with van der Waals surface area (Å²) in [6.07, 6.45) is 8.36. The average Bonchev–Trinajstić information content (AvgIpc) is 2.92. The monoisotopic (exact) mass is 259 g/mol. The van der Waals surface area contributed by atoms with Crippen LogP contribution in [0, 0.1) is 0 Å². The lowest BCUT2D eigenvalue weighted by Gasteiger charge is -2.17. The van der Waals surface area contributed by atoms with E-state index in [1.807, 2.05) is 10.8 Å². The molecule has 0 atom stereocenters. The summed E-state index contributed by atoms with van der Waals surface area (Å²) in [6, 6.07) is 1.67. The number of rotatable bonds is 4. The first kappa shape index (κ1) is 12.0. The van der Waals surface area contributed by atoms with Crippen molar-refractivity contribution in [2.24, 2.45) is 0 Å². The zero-order valence-corrected chi connectivity index (χ0v) is 10.7. The van der Waals surface area contributed by atoms with Crippen molar-refractivity contribution in [1.82, 2.24) is 19.3 Å². The van der Waals surface area contributed by atoms with Gasteiger partial charge in [0.05, 0.1) is 17.7 Å². The molecule has 1 aliphatic heterocycles. The summed E-state index contributed by atoms with van der Waals surface area (Å²) < 4.78 is 3.58. The molecule has 100 valence electrons. The Morgan fingerprint density at radius 2 is 2.32 bits per heavy atom. The first-order chi connectivity index (χ1) is 9.33. The molecule has 0 bridgehead atoms. The number of imidazole rings is 1. The van der Waals surface area contributed by atoms with Gasteiger partial charge in [0, 0.05) is 38.1 Å². The average molecular weight is 259 g/mol. The second-order valence-corrected chi connectivity index (χ2v) is 4.75. The fourth-order valence-corrected chi connectivity index (χ4v) is 2.33. The number of anilines is 1. The second kappa shape index (κ2) is 5.26. The van der Waals surface area contributed by atoms with Crippen molar-refractivity contribution in [2.75, 3.05) is 11.9 Å². The molecular formula is C13H17N5O. The summed E-state index contributed by atoms with van der Waals surface area (Å²) in [5.41, 5.74) is 1.88. The summed E-state index contributed by atoms with van der Waals surface area (Å²) in [6.45, 7) is 2.42. The van der Waals surface area contributed by atoms with Gasteiger partial charge in [-0.05, 0) is 19.3 Å². The van der Waals surface area contributed by atoms with E-state index >= 15 is 0 Å². The van der Waals surface area contributed by atoms with Gasteiger partial charge in [-0.15, -0.1) is 0 Å². The lowest BCUT2D eigenvalue weighted by molar-refractivity contribution is 0.498. The molecule has 0 unspecified atom stereocenters. The van der Waals surface area contributed by atoms with E-state index in [4.69, 9.17) is 0 Å². The van der Waals surface area contributed by atoms with Gasteiger partial charge in [-0.3, -0.25) is 4.79 Å². The smallest absolute Gasteiger partial charge is 0.268 e. The summed E-state index contributed by atoms with van der Waals surface area (Å²) >= 11 is 0. The lowest BCUT2D eigenvalue weighted by Crippen LogP contribution is -2.27. The minimum Gasteiger partial charge on any atom is -0.383 e. The van der Waals surface area contributed by atoms with Gasteiger partial charge in [-0.2, -0.15) is 5.10 Å². The van der Waals surface area contributed by atoms with Crippen LogP contribution in [0.25, 0.3) is 0 Å². The maximum Gasteiger partial charge on any atom is 0.268 e. The lowest BCUT2D eigenvalue weighted by atomic mass is 10.1. The third-order valence-corrected chi connectivity index (χ3v) is 3.33. The standard InChI is InChI=1S/C13H17N5O/c19-13-9-12-11(3-1-4-15-12)16-18(13)7-2-6-17-8-5-14-10-17/h5,8-10,15H,1-4,6-7H2. The van der Waals surface area contributed by atoms with Gasteiger partial charge in [0.2, 0.25) is 0 Å². The van der Waals surface area contributed by atoms with E-state index in [-0.39, 0.29) is 5.56 Å². The van der Waals surface area contributed by atoms with Crippen LogP contribution in [0.3, 0.4) is 0 Å². The predicted octanol–water partition coefficient (Wildman–Crippen LogP) is 0.888. The Bertz CT molecular complexity index is 602. The zero-order valence-electron chi connectivity index (χ0n) is 10.7. The molecule has 6 nitrogen and oxygen atoms in total. The second-order valence-electron chi connectivity index (χ2n) is 4.75. The third kappa shape index (κ3) is 2.67. The number of aryl methyl sites for hydroxylation is 3. The summed E-state index contributed by atoms with van der Waals surface area (Å²) in [7, 11) is 0. The normalized spacial score (nSPS) is 13.9. The topological polar surface area (TPSA) is 64.7 Å². The highest BCUT2D eigenvalue weighted by Crippen LogP contribution is 2.16. The van der Waals surface area contributed by atoms with E-state index in [0.717, 1.165) is 43.7 Å². The Kier molecular flexibility index (Phi) is 3.31. The van der Waals surface area contributed by atoms with Crippen molar-refractivity contribution in [2.45, 2.75) is 32.4 Å². The Morgan fingerprint density at radius 3 is 3.16 bits per heavy atom. The van der Waals surface area contributed by atoms with Gasteiger partial charge < -0.3 is 9.88 Å². The van der Waals surface area contributed by atoms with Crippen molar-refractivity contribution in [1.29, 1.82) is 0 Å². The number of fused-ring (bicyclic) bond motifs is 1. The van der Waals surface area contributed by atoms with Gasteiger partial charge in [-0.1, -0.05) is 0 Å². The quantitative estimate of drug-likeness (QED) is 0.885. The molecule has 0 saturated heterocycles.